The SMILES string of the molecule is C[C@H](NCc1cc(C(=O)O)co1)c1ccccn1. The maximum absolute atomic E-state index is 10.7. The predicted molar refractivity (Wildman–Crippen MR) is 65.2 cm³/mol. The second-order valence-electron chi connectivity index (χ2n) is 3.96. The zero-order valence-corrected chi connectivity index (χ0v) is 9.96. The lowest BCUT2D eigenvalue weighted by Gasteiger charge is -2.11. The van der Waals surface area contributed by atoms with Gasteiger partial charge in [0.25, 0.3) is 0 Å². The van der Waals surface area contributed by atoms with Crippen LogP contribution in [0.2, 0.25) is 0 Å². The van der Waals surface area contributed by atoms with Gasteiger partial charge in [-0.05, 0) is 25.1 Å². The Morgan fingerprint density at radius 3 is 3.00 bits per heavy atom. The van der Waals surface area contributed by atoms with E-state index in [2.05, 4.69) is 10.3 Å². The first kappa shape index (κ1) is 12.3. The summed E-state index contributed by atoms with van der Waals surface area (Å²) in [6, 6.07) is 7.31. The molecule has 0 aromatic carbocycles. The van der Waals surface area contributed by atoms with E-state index in [-0.39, 0.29) is 11.6 Å². The van der Waals surface area contributed by atoms with Crippen molar-refractivity contribution < 1.29 is 14.3 Å². The highest BCUT2D eigenvalue weighted by Gasteiger charge is 2.10. The maximum Gasteiger partial charge on any atom is 0.338 e. The Morgan fingerprint density at radius 1 is 1.56 bits per heavy atom. The zero-order valence-electron chi connectivity index (χ0n) is 9.96. The molecule has 5 heteroatoms. The first-order valence-corrected chi connectivity index (χ1v) is 5.62. The van der Waals surface area contributed by atoms with Crippen molar-refractivity contribution in [2.24, 2.45) is 0 Å². The standard InChI is InChI=1S/C13H14N2O3/c1-9(12-4-2-3-5-14-12)15-7-11-6-10(8-18-11)13(16)17/h2-6,8-9,15H,7H2,1H3,(H,16,17)/t9-/m0/s1. The Morgan fingerprint density at radius 2 is 2.39 bits per heavy atom. The predicted octanol–water partition coefficient (Wildman–Crippen LogP) is 2.22. The summed E-state index contributed by atoms with van der Waals surface area (Å²) < 4.78 is 5.15. The molecular formula is C13H14N2O3. The molecule has 0 aliphatic heterocycles. The molecule has 0 aliphatic rings. The maximum atomic E-state index is 10.7. The molecule has 0 saturated heterocycles. The molecule has 0 unspecified atom stereocenters. The lowest BCUT2D eigenvalue weighted by atomic mass is 10.2. The van der Waals surface area contributed by atoms with Gasteiger partial charge < -0.3 is 14.8 Å². The molecule has 0 amide bonds. The molecule has 94 valence electrons. The van der Waals surface area contributed by atoms with Crippen molar-refractivity contribution in [2.75, 3.05) is 0 Å². The van der Waals surface area contributed by atoms with Crippen LogP contribution >= 0.6 is 0 Å². The van der Waals surface area contributed by atoms with E-state index in [1.807, 2.05) is 25.1 Å². The van der Waals surface area contributed by atoms with Gasteiger partial charge >= 0.3 is 5.97 Å². The van der Waals surface area contributed by atoms with Crippen LogP contribution in [0.25, 0.3) is 0 Å². The van der Waals surface area contributed by atoms with Gasteiger partial charge in [0.15, 0.2) is 0 Å². The van der Waals surface area contributed by atoms with Gasteiger partial charge in [-0.3, -0.25) is 4.98 Å². The number of furan rings is 1. The van der Waals surface area contributed by atoms with Gasteiger partial charge in [-0.15, -0.1) is 0 Å². The number of rotatable bonds is 5. The lowest BCUT2D eigenvalue weighted by Crippen LogP contribution is -2.18. The van der Waals surface area contributed by atoms with Gasteiger partial charge in [0.1, 0.15) is 12.0 Å². The molecule has 0 radical (unpaired) electrons. The monoisotopic (exact) mass is 246 g/mol. The summed E-state index contributed by atoms with van der Waals surface area (Å²) in [7, 11) is 0. The largest absolute Gasteiger partial charge is 0.478 e. The van der Waals surface area contributed by atoms with Gasteiger partial charge in [0.2, 0.25) is 0 Å². The number of carbonyl (C=O) groups is 1. The minimum Gasteiger partial charge on any atom is -0.478 e. The Balaban J connectivity index is 1.93. The highest BCUT2D eigenvalue weighted by molar-refractivity contribution is 5.87. The molecule has 2 rings (SSSR count). The van der Waals surface area contributed by atoms with E-state index < -0.39 is 5.97 Å². The quantitative estimate of drug-likeness (QED) is 0.846. The smallest absolute Gasteiger partial charge is 0.338 e. The fraction of sp³-hybridized carbons (Fsp3) is 0.231. The van der Waals surface area contributed by atoms with E-state index in [4.69, 9.17) is 9.52 Å². The molecule has 2 aromatic heterocycles. The van der Waals surface area contributed by atoms with Gasteiger partial charge in [-0.1, -0.05) is 6.07 Å². The van der Waals surface area contributed by atoms with Crippen molar-refractivity contribution in [1.29, 1.82) is 0 Å². The topological polar surface area (TPSA) is 75.4 Å². The molecule has 0 aliphatic carbocycles. The molecule has 2 heterocycles. The van der Waals surface area contributed by atoms with Crippen LogP contribution < -0.4 is 5.32 Å². The summed E-state index contributed by atoms with van der Waals surface area (Å²) in [5, 5.41) is 12.0. The van der Waals surface area contributed by atoms with E-state index >= 15 is 0 Å². The van der Waals surface area contributed by atoms with Crippen molar-refractivity contribution >= 4 is 5.97 Å². The normalized spacial score (nSPS) is 12.3. The van der Waals surface area contributed by atoms with Crippen LogP contribution in [-0.2, 0) is 6.54 Å². The molecular weight excluding hydrogens is 232 g/mol. The molecule has 2 N–H and O–H groups in total. The van der Waals surface area contributed by atoms with Gasteiger partial charge in [-0.2, -0.15) is 0 Å². The number of nitrogens with one attached hydrogen (secondary N) is 1. The van der Waals surface area contributed by atoms with Gasteiger partial charge in [-0.25, -0.2) is 4.79 Å². The molecule has 5 nitrogen and oxygen atoms in total. The third-order valence-electron chi connectivity index (χ3n) is 2.61. The van der Waals surface area contributed by atoms with E-state index in [1.54, 1.807) is 6.20 Å². The summed E-state index contributed by atoms with van der Waals surface area (Å²) in [4.78, 5) is 14.9. The highest BCUT2D eigenvalue weighted by atomic mass is 16.4. The second kappa shape index (κ2) is 5.46. The van der Waals surface area contributed by atoms with Gasteiger partial charge in [0, 0.05) is 12.2 Å². The third kappa shape index (κ3) is 2.95. The van der Waals surface area contributed by atoms with Crippen molar-refractivity contribution in [3.8, 4) is 0 Å². The first-order valence-electron chi connectivity index (χ1n) is 5.62. The van der Waals surface area contributed by atoms with Crippen molar-refractivity contribution in [2.45, 2.75) is 19.5 Å². The molecule has 0 bridgehead atoms. The summed E-state index contributed by atoms with van der Waals surface area (Å²) >= 11 is 0. The van der Waals surface area contributed by atoms with Crippen LogP contribution in [0.15, 0.2) is 41.1 Å². The van der Waals surface area contributed by atoms with Crippen LogP contribution in [0.4, 0.5) is 0 Å². The van der Waals surface area contributed by atoms with Crippen molar-refractivity contribution in [3.05, 3.63) is 53.7 Å². The van der Waals surface area contributed by atoms with Crippen LogP contribution in [0.5, 0.6) is 0 Å². The average Bonchev–Trinajstić information content (AvgIpc) is 2.86. The zero-order chi connectivity index (χ0) is 13.0. The molecule has 0 spiro atoms. The summed E-state index contributed by atoms with van der Waals surface area (Å²) in [6.07, 6.45) is 2.98. The lowest BCUT2D eigenvalue weighted by molar-refractivity contribution is 0.0696. The Kier molecular flexibility index (Phi) is 3.74. The van der Waals surface area contributed by atoms with E-state index in [0.29, 0.717) is 12.3 Å². The number of carboxylic acid groups (broad SMARTS) is 1. The molecule has 2 aromatic rings. The van der Waals surface area contributed by atoms with Crippen molar-refractivity contribution in [3.63, 3.8) is 0 Å². The fourth-order valence-corrected chi connectivity index (χ4v) is 1.58. The Bertz CT molecular complexity index is 522. The van der Waals surface area contributed by atoms with Crippen LogP contribution in [0, 0.1) is 0 Å². The number of pyridine rings is 1. The van der Waals surface area contributed by atoms with Crippen LogP contribution in [0.1, 0.15) is 34.8 Å². The third-order valence-corrected chi connectivity index (χ3v) is 2.61. The van der Waals surface area contributed by atoms with E-state index in [0.717, 1.165) is 5.69 Å². The van der Waals surface area contributed by atoms with E-state index in [9.17, 15) is 4.79 Å². The Hall–Kier alpha value is -2.14. The van der Waals surface area contributed by atoms with Gasteiger partial charge in [0.05, 0.1) is 17.8 Å². The fourth-order valence-electron chi connectivity index (χ4n) is 1.58. The summed E-state index contributed by atoms with van der Waals surface area (Å²) in [6.45, 7) is 2.45. The molecule has 1 atom stereocenters. The van der Waals surface area contributed by atoms with Crippen LogP contribution in [-0.4, -0.2) is 16.1 Å². The average molecular weight is 246 g/mol. The van der Waals surface area contributed by atoms with Crippen LogP contribution in [0.3, 0.4) is 0 Å². The molecule has 0 fully saturated rings. The number of carboxylic acids is 1. The molecule has 18 heavy (non-hydrogen) atoms. The highest BCUT2D eigenvalue weighted by Crippen LogP contribution is 2.11. The number of hydrogen-bond acceptors (Lipinski definition) is 4. The number of aromatic carboxylic acids is 1. The first-order chi connectivity index (χ1) is 8.66. The minimum absolute atomic E-state index is 0.0737. The minimum atomic E-state index is -0.984. The summed E-state index contributed by atoms with van der Waals surface area (Å²) in [5.74, 6) is -0.391. The molecule has 0 saturated carbocycles. The Labute approximate surface area is 104 Å². The number of nitrogens with zero attached hydrogens (tertiary/aromatic N) is 1. The van der Waals surface area contributed by atoms with Crippen molar-refractivity contribution in [1.82, 2.24) is 10.3 Å². The summed E-state index contributed by atoms with van der Waals surface area (Å²) in [5.41, 5.74) is 1.10. The van der Waals surface area contributed by atoms with E-state index in [1.165, 1.54) is 12.3 Å². The number of hydrogen-bond donors (Lipinski definition) is 2. The number of aromatic nitrogens is 1. The second-order valence-corrected chi connectivity index (χ2v) is 3.96.